The van der Waals surface area contributed by atoms with Crippen molar-refractivity contribution in [3.8, 4) is 11.1 Å². The third-order valence-corrected chi connectivity index (χ3v) is 3.83. The summed E-state index contributed by atoms with van der Waals surface area (Å²) >= 11 is 0. The molecule has 100 valence electrons. The number of hydrogen-bond donors (Lipinski definition) is 1. The predicted molar refractivity (Wildman–Crippen MR) is 84.4 cm³/mol. The van der Waals surface area contributed by atoms with E-state index in [1.165, 1.54) is 40.7 Å². The summed E-state index contributed by atoms with van der Waals surface area (Å²) in [5.74, 6) is 0. The number of aryl methyl sites for hydroxylation is 1. The summed E-state index contributed by atoms with van der Waals surface area (Å²) in [6, 6.07) is 12.8. The topological polar surface area (TPSA) is 26.0 Å². The van der Waals surface area contributed by atoms with Crippen LogP contribution in [0.5, 0.6) is 0 Å². The molecular formula is C18H23N. The van der Waals surface area contributed by atoms with E-state index >= 15 is 0 Å². The molecule has 0 fully saturated rings. The second kappa shape index (κ2) is 5.92. The molecule has 0 spiro atoms. The molecule has 1 heteroatoms. The van der Waals surface area contributed by atoms with Crippen molar-refractivity contribution in [3.05, 3.63) is 53.1 Å². The molecule has 2 aromatic carbocycles. The van der Waals surface area contributed by atoms with E-state index in [0.29, 0.717) is 0 Å². The van der Waals surface area contributed by atoms with Gasteiger partial charge < -0.3 is 5.73 Å². The van der Waals surface area contributed by atoms with Gasteiger partial charge in [-0.25, -0.2) is 0 Å². The summed E-state index contributed by atoms with van der Waals surface area (Å²) in [5.41, 5.74) is 13.7. The van der Waals surface area contributed by atoms with Crippen molar-refractivity contribution >= 4 is 5.69 Å². The van der Waals surface area contributed by atoms with Crippen molar-refractivity contribution in [1.82, 2.24) is 0 Å². The number of unbranched alkanes of at least 4 members (excludes halogenated alkanes) is 1. The van der Waals surface area contributed by atoms with Crippen LogP contribution in [0.1, 0.15) is 36.5 Å². The Morgan fingerprint density at radius 1 is 1.05 bits per heavy atom. The highest BCUT2D eigenvalue weighted by molar-refractivity contribution is 5.74. The molecule has 1 nitrogen and oxygen atoms in total. The molecule has 0 radical (unpaired) electrons. The maximum Gasteiger partial charge on any atom is 0.0379 e. The Bertz CT molecular complexity index is 556. The molecular weight excluding hydrogens is 230 g/mol. The fraction of sp³-hybridized carbons (Fsp3) is 0.333. The van der Waals surface area contributed by atoms with E-state index < -0.39 is 0 Å². The Hall–Kier alpha value is -1.76. The van der Waals surface area contributed by atoms with E-state index in [0.717, 1.165) is 12.1 Å². The lowest BCUT2D eigenvalue weighted by atomic mass is 9.90. The zero-order valence-corrected chi connectivity index (χ0v) is 12.2. The molecule has 0 saturated heterocycles. The minimum absolute atomic E-state index is 0.977. The van der Waals surface area contributed by atoms with Crippen LogP contribution in [0, 0.1) is 13.8 Å². The van der Waals surface area contributed by atoms with Crippen LogP contribution in [-0.4, -0.2) is 0 Å². The average Bonchev–Trinajstić information content (AvgIpc) is 2.44. The maximum atomic E-state index is 6.27. The first-order valence-corrected chi connectivity index (χ1v) is 7.09. The van der Waals surface area contributed by atoms with Gasteiger partial charge >= 0.3 is 0 Å². The van der Waals surface area contributed by atoms with E-state index in [4.69, 9.17) is 5.73 Å². The number of nitrogens with two attached hydrogens (primary N) is 1. The predicted octanol–water partition coefficient (Wildman–Crippen LogP) is 4.90. The van der Waals surface area contributed by atoms with Gasteiger partial charge in [-0.3, -0.25) is 0 Å². The number of rotatable bonds is 4. The van der Waals surface area contributed by atoms with E-state index in [1.807, 2.05) is 0 Å². The standard InChI is InChI=1S/C18H23N/c1-4-5-11-16-14(3)17(12-13(2)18(16)19)15-9-7-6-8-10-15/h6-10,12H,4-5,11,19H2,1-3H3. The second-order valence-electron chi connectivity index (χ2n) is 5.23. The molecule has 0 aliphatic heterocycles. The lowest BCUT2D eigenvalue weighted by molar-refractivity contribution is 0.792. The number of anilines is 1. The minimum atomic E-state index is 0.977. The molecule has 2 N–H and O–H groups in total. The highest BCUT2D eigenvalue weighted by Crippen LogP contribution is 2.32. The van der Waals surface area contributed by atoms with Gasteiger partial charge in [-0.05, 0) is 60.6 Å². The third kappa shape index (κ3) is 2.81. The van der Waals surface area contributed by atoms with Crippen molar-refractivity contribution in [2.45, 2.75) is 40.0 Å². The van der Waals surface area contributed by atoms with Gasteiger partial charge in [0, 0.05) is 5.69 Å². The molecule has 19 heavy (non-hydrogen) atoms. The number of hydrogen-bond acceptors (Lipinski definition) is 1. The first kappa shape index (κ1) is 13.7. The second-order valence-corrected chi connectivity index (χ2v) is 5.23. The Kier molecular flexibility index (Phi) is 4.26. The van der Waals surface area contributed by atoms with Crippen LogP contribution < -0.4 is 5.73 Å². The molecule has 0 atom stereocenters. The normalized spacial score (nSPS) is 10.7. The van der Waals surface area contributed by atoms with Crippen LogP contribution in [0.2, 0.25) is 0 Å². The van der Waals surface area contributed by atoms with Gasteiger partial charge in [0.1, 0.15) is 0 Å². The van der Waals surface area contributed by atoms with Gasteiger partial charge in [0.25, 0.3) is 0 Å². The van der Waals surface area contributed by atoms with E-state index in [-0.39, 0.29) is 0 Å². The molecule has 0 bridgehead atoms. The maximum absolute atomic E-state index is 6.27. The Morgan fingerprint density at radius 2 is 1.74 bits per heavy atom. The van der Waals surface area contributed by atoms with Gasteiger partial charge in [-0.2, -0.15) is 0 Å². The largest absolute Gasteiger partial charge is 0.398 e. The highest BCUT2D eigenvalue weighted by atomic mass is 14.6. The molecule has 2 aromatic rings. The van der Waals surface area contributed by atoms with Crippen LogP contribution in [-0.2, 0) is 6.42 Å². The average molecular weight is 253 g/mol. The molecule has 0 amide bonds. The van der Waals surface area contributed by atoms with E-state index in [9.17, 15) is 0 Å². The SMILES string of the molecule is CCCCc1c(C)c(-c2ccccc2)cc(C)c1N. The molecule has 0 aliphatic rings. The van der Waals surface area contributed by atoms with Gasteiger partial charge in [-0.15, -0.1) is 0 Å². The van der Waals surface area contributed by atoms with Crippen LogP contribution in [0.25, 0.3) is 11.1 Å². The Morgan fingerprint density at radius 3 is 2.37 bits per heavy atom. The molecule has 0 heterocycles. The zero-order valence-electron chi connectivity index (χ0n) is 12.2. The summed E-state index contributed by atoms with van der Waals surface area (Å²) in [7, 11) is 0. The quantitative estimate of drug-likeness (QED) is 0.771. The molecule has 2 rings (SSSR count). The minimum Gasteiger partial charge on any atom is -0.398 e. The number of benzene rings is 2. The van der Waals surface area contributed by atoms with Crippen LogP contribution in [0.4, 0.5) is 5.69 Å². The van der Waals surface area contributed by atoms with Gasteiger partial charge in [0.15, 0.2) is 0 Å². The van der Waals surface area contributed by atoms with E-state index in [1.54, 1.807) is 0 Å². The Balaban J connectivity index is 2.54. The third-order valence-electron chi connectivity index (χ3n) is 3.83. The van der Waals surface area contributed by atoms with E-state index in [2.05, 4.69) is 57.2 Å². The first-order chi connectivity index (χ1) is 9.15. The van der Waals surface area contributed by atoms with Crippen molar-refractivity contribution in [3.63, 3.8) is 0 Å². The highest BCUT2D eigenvalue weighted by Gasteiger charge is 2.11. The molecule has 0 aliphatic carbocycles. The smallest absolute Gasteiger partial charge is 0.0379 e. The summed E-state index contributed by atoms with van der Waals surface area (Å²) in [5, 5.41) is 0. The van der Waals surface area contributed by atoms with Gasteiger partial charge in [0.05, 0.1) is 0 Å². The summed E-state index contributed by atoms with van der Waals surface area (Å²) < 4.78 is 0. The van der Waals surface area contributed by atoms with Gasteiger partial charge in [0.2, 0.25) is 0 Å². The monoisotopic (exact) mass is 253 g/mol. The lowest BCUT2D eigenvalue weighted by Gasteiger charge is -2.17. The van der Waals surface area contributed by atoms with Gasteiger partial charge in [-0.1, -0.05) is 43.7 Å². The first-order valence-electron chi connectivity index (χ1n) is 7.09. The van der Waals surface area contributed by atoms with Crippen LogP contribution >= 0.6 is 0 Å². The van der Waals surface area contributed by atoms with Crippen molar-refractivity contribution in [1.29, 1.82) is 0 Å². The zero-order chi connectivity index (χ0) is 13.8. The lowest BCUT2D eigenvalue weighted by Crippen LogP contribution is -2.02. The Labute approximate surface area is 116 Å². The fourth-order valence-electron chi connectivity index (χ4n) is 2.60. The molecule has 0 aromatic heterocycles. The van der Waals surface area contributed by atoms with Crippen LogP contribution in [0.3, 0.4) is 0 Å². The van der Waals surface area contributed by atoms with Crippen molar-refractivity contribution in [2.24, 2.45) is 0 Å². The van der Waals surface area contributed by atoms with Crippen molar-refractivity contribution in [2.75, 3.05) is 5.73 Å². The fourth-order valence-corrected chi connectivity index (χ4v) is 2.60. The van der Waals surface area contributed by atoms with Crippen LogP contribution in [0.15, 0.2) is 36.4 Å². The van der Waals surface area contributed by atoms with Crippen molar-refractivity contribution < 1.29 is 0 Å². The molecule has 0 unspecified atom stereocenters. The summed E-state index contributed by atoms with van der Waals surface area (Å²) in [4.78, 5) is 0. The summed E-state index contributed by atoms with van der Waals surface area (Å²) in [6.07, 6.45) is 3.48. The number of nitrogen functional groups attached to an aromatic ring is 1. The summed E-state index contributed by atoms with van der Waals surface area (Å²) in [6.45, 7) is 6.53. The molecule has 0 saturated carbocycles.